The monoisotopic (exact) mass is 448 g/mol. The lowest BCUT2D eigenvalue weighted by atomic mass is 9.88. The van der Waals surface area contributed by atoms with Crippen LogP contribution in [-0.2, 0) is 9.59 Å². The molecule has 0 aliphatic carbocycles. The lowest BCUT2D eigenvalue weighted by molar-refractivity contribution is -0.127. The molecule has 0 aromatic heterocycles. The average molecular weight is 449 g/mol. The SMILES string of the molecule is CCCOc1ccc(/C=C/C(=O)N2CCC(C(=O)c3ccc4c(c3)NC(=O)CO4)CC2)cc1. The number of likely N-dealkylation sites (tertiary alicyclic amines) is 1. The molecule has 172 valence electrons. The molecule has 0 radical (unpaired) electrons. The molecular weight excluding hydrogens is 420 g/mol. The number of nitrogens with zero attached hydrogens (tertiary/aromatic N) is 1. The third kappa shape index (κ3) is 5.61. The number of hydrogen-bond acceptors (Lipinski definition) is 5. The highest BCUT2D eigenvalue weighted by Crippen LogP contribution is 2.31. The van der Waals surface area contributed by atoms with E-state index in [-0.39, 0.29) is 30.1 Å². The molecule has 1 saturated heterocycles. The molecule has 2 aromatic carbocycles. The average Bonchev–Trinajstić information content (AvgIpc) is 2.85. The van der Waals surface area contributed by atoms with Crippen molar-refractivity contribution in [2.75, 3.05) is 31.6 Å². The summed E-state index contributed by atoms with van der Waals surface area (Å²) in [6.07, 6.45) is 5.56. The minimum absolute atomic E-state index is 0.0140. The molecule has 0 saturated carbocycles. The van der Waals surface area contributed by atoms with Crippen molar-refractivity contribution in [1.82, 2.24) is 4.90 Å². The molecule has 0 bridgehead atoms. The van der Waals surface area contributed by atoms with Gasteiger partial charge in [-0.3, -0.25) is 14.4 Å². The summed E-state index contributed by atoms with van der Waals surface area (Å²) in [5.41, 5.74) is 2.01. The van der Waals surface area contributed by atoms with Gasteiger partial charge >= 0.3 is 0 Å². The van der Waals surface area contributed by atoms with Crippen LogP contribution < -0.4 is 14.8 Å². The van der Waals surface area contributed by atoms with Crippen LogP contribution in [-0.4, -0.2) is 48.8 Å². The van der Waals surface area contributed by atoms with Gasteiger partial charge in [0.1, 0.15) is 11.5 Å². The Balaban J connectivity index is 1.30. The van der Waals surface area contributed by atoms with Crippen LogP contribution in [0, 0.1) is 5.92 Å². The van der Waals surface area contributed by atoms with Crippen LogP contribution in [0.1, 0.15) is 42.1 Å². The van der Waals surface area contributed by atoms with Crippen LogP contribution in [0.15, 0.2) is 48.5 Å². The van der Waals surface area contributed by atoms with E-state index >= 15 is 0 Å². The molecule has 33 heavy (non-hydrogen) atoms. The standard InChI is InChI=1S/C26H28N2O5/c1-2-15-32-21-7-3-18(4-8-21)5-10-25(30)28-13-11-19(12-14-28)26(31)20-6-9-23-22(16-20)27-24(29)17-33-23/h3-10,16,19H,2,11-15,17H2,1H3,(H,27,29)/b10-5+. The summed E-state index contributed by atoms with van der Waals surface area (Å²) in [7, 11) is 0. The molecule has 0 atom stereocenters. The van der Waals surface area contributed by atoms with Crippen molar-refractivity contribution in [3.63, 3.8) is 0 Å². The molecule has 2 heterocycles. The van der Waals surface area contributed by atoms with Gasteiger partial charge in [0.25, 0.3) is 5.91 Å². The molecule has 1 N–H and O–H groups in total. The van der Waals surface area contributed by atoms with E-state index in [1.54, 1.807) is 35.3 Å². The number of benzene rings is 2. The molecule has 2 amide bonds. The van der Waals surface area contributed by atoms with Gasteiger partial charge in [0.15, 0.2) is 12.4 Å². The Bertz CT molecular complexity index is 1050. The van der Waals surface area contributed by atoms with Crippen molar-refractivity contribution >= 4 is 29.4 Å². The summed E-state index contributed by atoms with van der Waals surface area (Å²) in [4.78, 5) is 38.9. The van der Waals surface area contributed by atoms with E-state index in [1.165, 1.54) is 0 Å². The maximum absolute atomic E-state index is 13.0. The number of nitrogens with one attached hydrogen (secondary N) is 1. The molecule has 0 spiro atoms. The Morgan fingerprint density at radius 3 is 2.64 bits per heavy atom. The Hall–Kier alpha value is -3.61. The van der Waals surface area contributed by atoms with Gasteiger partial charge in [0.2, 0.25) is 5.91 Å². The zero-order valence-electron chi connectivity index (χ0n) is 18.7. The fourth-order valence-corrected chi connectivity index (χ4v) is 4.00. The number of piperidine rings is 1. The first-order chi connectivity index (χ1) is 16.0. The first-order valence-electron chi connectivity index (χ1n) is 11.3. The fourth-order valence-electron chi connectivity index (χ4n) is 4.00. The molecule has 7 heteroatoms. The van der Waals surface area contributed by atoms with Crippen molar-refractivity contribution < 1.29 is 23.9 Å². The van der Waals surface area contributed by atoms with Crippen molar-refractivity contribution in [3.8, 4) is 11.5 Å². The summed E-state index contributed by atoms with van der Waals surface area (Å²) in [6.45, 7) is 3.80. The quantitative estimate of drug-likeness (QED) is 0.512. The van der Waals surface area contributed by atoms with E-state index in [0.717, 1.165) is 17.7 Å². The summed E-state index contributed by atoms with van der Waals surface area (Å²) >= 11 is 0. The van der Waals surface area contributed by atoms with Crippen molar-refractivity contribution in [2.45, 2.75) is 26.2 Å². The lowest BCUT2D eigenvalue weighted by Gasteiger charge is -2.30. The highest BCUT2D eigenvalue weighted by Gasteiger charge is 2.28. The number of Topliss-reactive ketones (excluding diaryl/α,β-unsaturated/α-hetero) is 1. The van der Waals surface area contributed by atoms with Gasteiger partial charge in [-0.05, 0) is 61.2 Å². The van der Waals surface area contributed by atoms with Crippen LogP contribution in [0.2, 0.25) is 0 Å². The summed E-state index contributed by atoms with van der Waals surface area (Å²) in [5.74, 6) is 0.994. The Kier molecular flexibility index (Phi) is 7.07. The maximum Gasteiger partial charge on any atom is 0.262 e. The van der Waals surface area contributed by atoms with Gasteiger partial charge in [-0.2, -0.15) is 0 Å². The summed E-state index contributed by atoms with van der Waals surface area (Å²) < 4.78 is 10.9. The fraction of sp³-hybridized carbons (Fsp3) is 0.346. The third-order valence-electron chi connectivity index (χ3n) is 5.85. The second-order valence-corrected chi connectivity index (χ2v) is 8.26. The van der Waals surface area contributed by atoms with Crippen LogP contribution in [0.3, 0.4) is 0 Å². The number of hydrogen-bond donors (Lipinski definition) is 1. The van der Waals surface area contributed by atoms with Crippen LogP contribution in [0.25, 0.3) is 6.08 Å². The van der Waals surface area contributed by atoms with E-state index in [0.29, 0.717) is 49.5 Å². The summed E-state index contributed by atoms with van der Waals surface area (Å²) in [6, 6.07) is 12.8. The molecule has 1 fully saturated rings. The van der Waals surface area contributed by atoms with E-state index in [1.807, 2.05) is 24.3 Å². The largest absolute Gasteiger partial charge is 0.494 e. The van der Waals surface area contributed by atoms with E-state index in [2.05, 4.69) is 12.2 Å². The lowest BCUT2D eigenvalue weighted by Crippen LogP contribution is -2.39. The van der Waals surface area contributed by atoms with Crippen LogP contribution in [0.4, 0.5) is 5.69 Å². The highest BCUT2D eigenvalue weighted by molar-refractivity contribution is 6.02. The van der Waals surface area contributed by atoms with Crippen LogP contribution >= 0.6 is 0 Å². The normalized spacial score (nSPS) is 16.2. The minimum Gasteiger partial charge on any atom is -0.494 e. The number of rotatable bonds is 7. The second-order valence-electron chi connectivity index (χ2n) is 8.26. The number of ether oxygens (including phenoxy) is 2. The predicted octanol–water partition coefficient (Wildman–Crippen LogP) is 3.94. The molecule has 2 aliphatic rings. The van der Waals surface area contributed by atoms with Gasteiger partial charge in [-0.25, -0.2) is 0 Å². The van der Waals surface area contributed by atoms with E-state index in [4.69, 9.17) is 9.47 Å². The smallest absolute Gasteiger partial charge is 0.262 e. The summed E-state index contributed by atoms with van der Waals surface area (Å²) in [5, 5.41) is 2.74. The Morgan fingerprint density at radius 2 is 1.91 bits per heavy atom. The van der Waals surface area contributed by atoms with E-state index in [9.17, 15) is 14.4 Å². The van der Waals surface area contributed by atoms with Crippen molar-refractivity contribution in [2.24, 2.45) is 5.92 Å². The maximum atomic E-state index is 13.0. The number of amides is 2. The highest BCUT2D eigenvalue weighted by atomic mass is 16.5. The van der Waals surface area contributed by atoms with Gasteiger partial charge in [0.05, 0.1) is 12.3 Å². The Labute approximate surface area is 193 Å². The van der Waals surface area contributed by atoms with Crippen LogP contribution in [0.5, 0.6) is 11.5 Å². The first kappa shape index (κ1) is 22.6. The zero-order chi connectivity index (χ0) is 23.2. The topological polar surface area (TPSA) is 84.9 Å². The van der Waals surface area contributed by atoms with Crippen molar-refractivity contribution in [3.05, 3.63) is 59.7 Å². The van der Waals surface area contributed by atoms with E-state index < -0.39 is 0 Å². The third-order valence-corrected chi connectivity index (χ3v) is 5.85. The van der Waals surface area contributed by atoms with Gasteiger partial charge in [-0.15, -0.1) is 0 Å². The molecular formula is C26H28N2O5. The zero-order valence-corrected chi connectivity index (χ0v) is 18.7. The molecule has 4 rings (SSSR count). The van der Waals surface area contributed by atoms with Gasteiger partial charge in [0, 0.05) is 30.6 Å². The number of fused-ring (bicyclic) bond motifs is 1. The number of carbonyl (C=O) groups is 3. The predicted molar refractivity (Wildman–Crippen MR) is 125 cm³/mol. The number of carbonyl (C=O) groups excluding carboxylic acids is 3. The first-order valence-corrected chi connectivity index (χ1v) is 11.3. The molecule has 7 nitrogen and oxygen atoms in total. The number of anilines is 1. The molecule has 2 aromatic rings. The number of ketones is 1. The van der Waals surface area contributed by atoms with Crippen molar-refractivity contribution in [1.29, 1.82) is 0 Å². The van der Waals surface area contributed by atoms with Gasteiger partial charge < -0.3 is 19.7 Å². The molecule has 2 aliphatic heterocycles. The second kappa shape index (κ2) is 10.3. The molecule has 0 unspecified atom stereocenters. The van der Waals surface area contributed by atoms with Gasteiger partial charge in [-0.1, -0.05) is 19.1 Å². The minimum atomic E-state index is -0.229. The Morgan fingerprint density at radius 1 is 1.15 bits per heavy atom.